The Balaban J connectivity index is 0.00000264. The molecule has 1 heterocycles. The minimum absolute atomic E-state index is 0. The highest BCUT2D eigenvalue weighted by Gasteiger charge is 2.21. The lowest BCUT2D eigenvalue weighted by Crippen LogP contribution is -2.42. The number of guanidine groups is 1. The van der Waals surface area contributed by atoms with Crippen LogP contribution in [0.4, 0.5) is 0 Å². The van der Waals surface area contributed by atoms with Crippen molar-refractivity contribution in [1.82, 2.24) is 20.0 Å². The van der Waals surface area contributed by atoms with E-state index in [1.54, 1.807) is 0 Å². The Morgan fingerprint density at radius 2 is 2.30 bits per heavy atom. The number of likely N-dealkylation sites (N-methyl/N-ethyl adjacent to an activating group) is 1. The second-order valence-electron chi connectivity index (χ2n) is 6.20. The summed E-state index contributed by atoms with van der Waals surface area (Å²) in [5, 5.41) is 7.66. The zero-order valence-electron chi connectivity index (χ0n) is 14.4. The third kappa shape index (κ3) is 8.01. The van der Waals surface area contributed by atoms with Gasteiger partial charge in [-0.15, -0.1) is 24.0 Å². The van der Waals surface area contributed by atoms with E-state index in [0.29, 0.717) is 5.92 Å². The van der Waals surface area contributed by atoms with Gasteiger partial charge in [0.05, 0.1) is 6.61 Å². The third-order valence-electron chi connectivity index (χ3n) is 3.86. The molecule has 1 aromatic rings. The van der Waals surface area contributed by atoms with Gasteiger partial charge in [0.15, 0.2) is 5.96 Å². The first-order chi connectivity index (χ1) is 10.7. The van der Waals surface area contributed by atoms with Crippen molar-refractivity contribution in [3.63, 3.8) is 0 Å². The van der Waals surface area contributed by atoms with Crippen LogP contribution in [-0.2, 0) is 11.3 Å². The molecule has 0 aliphatic heterocycles. The normalized spacial score (nSPS) is 15.9. The van der Waals surface area contributed by atoms with Crippen LogP contribution in [0.15, 0.2) is 23.5 Å². The molecule has 0 aromatic carbocycles. The fourth-order valence-electron chi connectivity index (χ4n) is 2.28. The van der Waals surface area contributed by atoms with Crippen molar-refractivity contribution >= 4 is 29.9 Å². The van der Waals surface area contributed by atoms with Crippen LogP contribution in [0.25, 0.3) is 0 Å². The van der Waals surface area contributed by atoms with Gasteiger partial charge < -0.3 is 15.0 Å². The molecule has 1 aromatic heterocycles. The lowest BCUT2D eigenvalue weighted by atomic mass is 10.2. The highest BCUT2D eigenvalue weighted by atomic mass is 127. The molecule has 6 nitrogen and oxygen atoms in total. The Bertz CT molecular complexity index is 447. The molecule has 1 unspecified atom stereocenters. The lowest BCUT2D eigenvalue weighted by molar-refractivity contribution is 0.115. The first kappa shape index (κ1) is 20.2. The third-order valence-corrected chi connectivity index (χ3v) is 3.86. The average Bonchev–Trinajstić information content (AvgIpc) is 3.20. The van der Waals surface area contributed by atoms with Crippen molar-refractivity contribution in [3.8, 4) is 0 Å². The molecule has 1 aliphatic carbocycles. The number of halogens is 1. The number of hydrogen-bond acceptors (Lipinski definition) is 3. The molecule has 1 saturated carbocycles. The first-order valence-corrected chi connectivity index (χ1v) is 8.16. The van der Waals surface area contributed by atoms with E-state index in [0.717, 1.165) is 44.7 Å². The van der Waals surface area contributed by atoms with Crippen molar-refractivity contribution in [1.29, 1.82) is 0 Å². The van der Waals surface area contributed by atoms with Crippen LogP contribution in [0.5, 0.6) is 0 Å². The van der Waals surface area contributed by atoms with Crippen LogP contribution in [0.1, 0.15) is 19.8 Å². The van der Waals surface area contributed by atoms with Gasteiger partial charge in [0, 0.05) is 52.7 Å². The second kappa shape index (κ2) is 10.9. The number of nitrogens with zero attached hydrogens (tertiary/aromatic N) is 4. The SMILES string of the molecule is CN=C(NCC(C)Cn1cccn1)N(C)CCOCC1CC1.I. The average molecular weight is 435 g/mol. The van der Waals surface area contributed by atoms with Gasteiger partial charge in [-0.2, -0.15) is 5.10 Å². The molecule has 132 valence electrons. The van der Waals surface area contributed by atoms with Crippen LogP contribution in [0.2, 0.25) is 0 Å². The molecular formula is C16H30IN5O. The number of rotatable bonds is 9. The highest BCUT2D eigenvalue weighted by Crippen LogP contribution is 2.28. The molecule has 23 heavy (non-hydrogen) atoms. The molecule has 1 N–H and O–H groups in total. The van der Waals surface area contributed by atoms with Gasteiger partial charge >= 0.3 is 0 Å². The molecule has 0 saturated heterocycles. The first-order valence-electron chi connectivity index (χ1n) is 8.16. The fourth-order valence-corrected chi connectivity index (χ4v) is 2.28. The van der Waals surface area contributed by atoms with E-state index in [1.807, 2.05) is 37.2 Å². The minimum atomic E-state index is 0. The number of aromatic nitrogens is 2. The predicted molar refractivity (Wildman–Crippen MR) is 104 cm³/mol. The molecule has 0 spiro atoms. The maximum absolute atomic E-state index is 5.68. The van der Waals surface area contributed by atoms with Crippen LogP contribution < -0.4 is 5.32 Å². The van der Waals surface area contributed by atoms with E-state index in [2.05, 4.69) is 27.2 Å². The minimum Gasteiger partial charge on any atom is -0.379 e. The van der Waals surface area contributed by atoms with Crippen molar-refractivity contribution < 1.29 is 4.74 Å². The zero-order valence-corrected chi connectivity index (χ0v) is 16.8. The van der Waals surface area contributed by atoms with Crippen molar-refractivity contribution in [2.24, 2.45) is 16.8 Å². The molecule has 1 aliphatic rings. The fraction of sp³-hybridized carbons (Fsp3) is 0.750. The van der Waals surface area contributed by atoms with Gasteiger partial charge in [-0.05, 0) is 30.7 Å². The molecule has 0 amide bonds. The van der Waals surface area contributed by atoms with E-state index in [-0.39, 0.29) is 24.0 Å². The lowest BCUT2D eigenvalue weighted by Gasteiger charge is -2.23. The van der Waals surface area contributed by atoms with Crippen molar-refractivity contribution in [2.45, 2.75) is 26.3 Å². The standard InChI is InChI=1S/C16H29N5O.HI/c1-14(12-21-8-4-7-19-21)11-18-16(17-2)20(3)9-10-22-13-15-5-6-15;/h4,7-8,14-15H,5-6,9-13H2,1-3H3,(H,17,18);1H. The van der Waals surface area contributed by atoms with Crippen molar-refractivity contribution in [2.75, 3.05) is 40.4 Å². The smallest absolute Gasteiger partial charge is 0.193 e. The monoisotopic (exact) mass is 435 g/mol. The summed E-state index contributed by atoms with van der Waals surface area (Å²) < 4.78 is 7.65. The van der Waals surface area contributed by atoms with Crippen LogP contribution in [0, 0.1) is 11.8 Å². The number of aliphatic imine (C=N–C) groups is 1. The van der Waals surface area contributed by atoms with Gasteiger partial charge in [-0.25, -0.2) is 0 Å². The van der Waals surface area contributed by atoms with Crippen LogP contribution in [0.3, 0.4) is 0 Å². The maximum atomic E-state index is 5.68. The van der Waals surface area contributed by atoms with E-state index < -0.39 is 0 Å². The summed E-state index contributed by atoms with van der Waals surface area (Å²) in [4.78, 5) is 6.46. The summed E-state index contributed by atoms with van der Waals surface area (Å²) >= 11 is 0. The number of nitrogens with one attached hydrogen (secondary N) is 1. The van der Waals surface area contributed by atoms with Crippen molar-refractivity contribution in [3.05, 3.63) is 18.5 Å². The predicted octanol–water partition coefficient (Wildman–Crippen LogP) is 2.07. The summed E-state index contributed by atoms with van der Waals surface area (Å²) in [5.41, 5.74) is 0. The van der Waals surface area contributed by atoms with Crippen LogP contribution >= 0.6 is 24.0 Å². The zero-order chi connectivity index (χ0) is 15.8. The Morgan fingerprint density at radius 3 is 2.91 bits per heavy atom. The van der Waals surface area contributed by atoms with Crippen LogP contribution in [-0.4, -0.2) is 61.0 Å². The van der Waals surface area contributed by atoms with Gasteiger partial charge in [0.2, 0.25) is 0 Å². The maximum Gasteiger partial charge on any atom is 0.193 e. The van der Waals surface area contributed by atoms with E-state index in [4.69, 9.17) is 4.74 Å². The molecule has 1 atom stereocenters. The quantitative estimate of drug-likeness (QED) is 0.279. The van der Waals surface area contributed by atoms with E-state index >= 15 is 0 Å². The molecular weight excluding hydrogens is 405 g/mol. The molecule has 1 fully saturated rings. The second-order valence-corrected chi connectivity index (χ2v) is 6.20. The van der Waals surface area contributed by atoms with Gasteiger partial charge in [-0.3, -0.25) is 9.67 Å². The summed E-state index contributed by atoms with van der Waals surface area (Å²) in [6, 6.07) is 1.95. The number of ether oxygens (including phenoxy) is 1. The Morgan fingerprint density at radius 1 is 1.52 bits per heavy atom. The Labute approximate surface area is 156 Å². The Hall–Kier alpha value is -0.830. The van der Waals surface area contributed by atoms with E-state index in [1.165, 1.54) is 12.8 Å². The molecule has 2 rings (SSSR count). The molecule has 0 radical (unpaired) electrons. The summed E-state index contributed by atoms with van der Waals surface area (Å²) in [5.74, 6) is 2.23. The van der Waals surface area contributed by atoms with E-state index in [9.17, 15) is 0 Å². The topological polar surface area (TPSA) is 54.7 Å². The molecule has 0 bridgehead atoms. The number of hydrogen-bond donors (Lipinski definition) is 1. The molecule has 7 heteroatoms. The largest absolute Gasteiger partial charge is 0.379 e. The van der Waals surface area contributed by atoms with Gasteiger partial charge in [-0.1, -0.05) is 6.92 Å². The summed E-state index contributed by atoms with van der Waals surface area (Å²) in [6.07, 6.45) is 6.49. The van der Waals surface area contributed by atoms with Gasteiger partial charge in [0.1, 0.15) is 0 Å². The highest BCUT2D eigenvalue weighted by molar-refractivity contribution is 14.0. The summed E-state index contributed by atoms with van der Waals surface area (Å²) in [6.45, 7) is 6.53. The van der Waals surface area contributed by atoms with Gasteiger partial charge in [0.25, 0.3) is 0 Å². The Kier molecular flexibility index (Phi) is 9.54. The summed E-state index contributed by atoms with van der Waals surface area (Å²) in [7, 11) is 3.87.